The van der Waals surface area contributed by atoms with Crippen molar-refractivity contribution in [2.45, 2.75) is 0 Å². The van der Waals surface area contributed by atoms with Crippen LogP contribution in [0, 0.1) is 0 Å². The zero-order valence-corrected chi connectivity index (χ0v) is 12.2. The van der Waals surface area contributed by atoms with Crippen LogP contribution in [0.15, 0.2) is 82.0 Å². The second-order valence-corrected chi connectivity index (χ2v) is 5.79. The van der Waals surface area contributed by atoms with Gasteiger partial charge in [-0.05, 0) is 39.7 Å². The van der Waals surface area contributed by atoms with E-state index in [1.165, 1.54) is 0 Å². The van der Waals surface area contributed by atoms with E-state index in [-0.39, 0.29) is 5.63 Å². The summed E-state index contributed by atoms with van der Waals surface area (Å²) in [4.78, 5) is 12.4. The van der Waals surface area contributed by atoms with Gasteiger partial charge in [0.15, 0.2) is 0 Å². The van der Waals surface area contributed by atoms with Crippen molar-refractivity contribution in [1.82, 2.24) is 0 Å². The zero-order chi connectivity index (χ0) is 15.4. The molecule has 0 saturated heterocycles. The molecule has 0 saturated carbocycles. The molecule has 0 N–H and O–H groups in total. The summed E-state index contributed by atoms with van der Waals surface area (Å²) in [7, 11) is 0. The molecule has 0 aliphatic heterocycles. The van der Waals surface area contributed by atoms with Gasteiger partial charge in [0.05, 0.1) is 5.39 Å². The Kier molecular flexibility index (Phi) is 2.39. The molecule has 0 radical (unpaired) electrons. The summed E-state index contributed by atoms with van der Waals surface area (Å²) in [6.45, 7) is 0. The van der Waals surface area contributed by atoms with Crippen LogP contribution in [-0.2, 0) is 0 Å². The molecule has 5 aromatic rings. The molecule has 1 aromatic heterocycles. The smallest absolute Gasteiger partial charge is 0.344 e. The highest BCUT2D eigenvalue weighted by molar-refractivity contribution is 6.20. The van der Waals surface area contributed by atoms with Crippen LogP contribution < -0.4 is 5.63 Å². The third-order valence-electron chi connectivity index (χ3n) is 4.47. The first-order chi connectivity index (χ1) is 11.3. The number of rotatable bonds is 0. The molecule has 0 amide bonds. The molecule has 1 heterocycles. The highest BCUT2D eigenvalue weighted by atomic mass is 16.4. The molecule has 0 fully saturated rings. The molecular weight excluding hydrogens is 284 g/mol. The molecule has 0 bridgehead atoms. The SMILES string of the molecule is O=c1oc2cc3ccccc3cc2c2c1ccc1ccccc12. The lowest BCUT2D eigenvalue weighted by molar-refractivity contribution is 0.570. The molecule has 0 aliphatic rings. The van der Waals surface area contributed by atoms with Crippen LogP contribution in [0.1, 0.15) is 0 Å². The minimum Gasteiger partial charge on any atom is -0.422 e. The molecule has 2 nitrogen and oxygen atoms in total. The summed E-state index contributed by atoms with van der Waals surface area (Å²) < 4.78 is 5.58. The molecular formula is C21H12O2. The third kappa shape index (κ3) is 1.72. The number of benzene rings is 4. The first-order valence-electron chi connectivity index (χ1n) is 7.58. The minimum absolute atomic E-state index is 0.284. The maximum absolute atomic E-state index is 12.4. The molecule has 0 unspecified atom stereocenters. The van der Waals surface area contributed by atoms with E-state index in [2.05, 4.69) is 24.3 Å². The summed E-state index contributed by atoms with van der Waals surface area (Å²) >= 11 is 0. The Balaban J connectivity index is 2.14. The summed E-state index contributed by atoms with van der Waals surface area (Å²) in [5, 5.41) is 7.01. The van der Waals surface area contributed by atoms with Gasteiger partial charge in [0.1, 0.15) is 5.58 Å². The van der Waals surface area contributed by atoms with Crippen molar-refractivity contribution in [1.29, 1.82) is 0 Å². The van der Waals surface area contributed by atoms with Gasteiger partial charge in [-0.3, -0.25) is 0 Å². The minimum atomic E-state index is -0.284. The lowest BCUT2D eigenvalue weighted by atomic mass is 9.98. The topological polar surface area (TPSA) is 30.2 Å². The van der Waals surface area contributed by atoms with Gasteiger partial charge in [-0.1, -0.05) is 54.6 Å². The number of fused-ring (bicyclic) bond motifs is 6. The van der Waals surface area contributed by atoms with E-state index < -0.39 is 0 Å². The Morgan fingerprint density at radius 1 is 0.609 bits per heavy atom. The molecule has 0 atom stereocenters. The molecule has 4 aromatic carbocycles. The molecule has 5 rings (SSSR count). The predicted octanol–water partition coefficient (Wildman–Crippen LogP) is 5.25. The fraction of sp³-hybridized carbons (Fsp3) is 0. The maximum atomic E-state index is 12.4. The quantitative estimate of drug-likeness (QED) is 0.222. The molecule has 108 valence electrons. The molecule has 0 aliphatic carbocycles. The van der Waals surface area contributed by atoms with E-state index in [9.17, 15) is 4.79 Å². The molecule has 2 heteroatoms. The van der Waals surface area contributed by atoms with Gasteiger partial charge in [0.2, 0.25) is 0 Å². The summed E-state index contributed by atoms with van der Waals surface area (Å²) in [5.74, 6) is 0. The zero-order valence-electron chi connectivity index (χ0n) is 12.2. The van der Waals surface area contributed by atoms with Crippen molar-refractivity contribution >= 4 is 43.3 Å². The van der Waals surface area contributed by atoms with Crippen LogP contribution in [0.3, 0.4) is 0 Å². The monoisotopic (exact) mass is 296 g/mol. The third-order valence-corrected chi connectivity index (χ3v) is 4.47. The Bertz CT molecular complexity index is 1280. The van der Waals surface area contributed by atoms with Crippen LogP contribution in [0.4, 0.5) is 0 Å². The fourth-order valence-electron chi connectivity index (χ4n) is 3.39. The summed E-state index contributed by atoms with van der Waals surface area (Å²) in [5.41, 5.74) is 0.353. The van der Waals surface area contributed by atoms with Crippen molar-refractivity contribution in [3.63, 3.8) is 0 Å². The van der Waals surface area contributed by atoms with E-state index in [4.69, 9.17) is 4.42 Å². The van der Waals surface area contributed by atoms with Crippen LogP contribution in [0.5, 0.6) is 0 Å². The largest absolute Gasteiger partial charge is 0.422 e. The van der Waals surface area contributed by atoms with Crippen molar-refractivity contribution < 1.29 is 4.42 Å². The van der Waals surface area contributed by atoms with Gasteiger partial charge in [0.25, 0.3) is 0 Å². The number of hydrogen-bond donors (Lipinski definition) is 0. The first kappa shape index (κ1) is 12.4. The van der Waals surface area contributed by atoms with Gasteiger partial charge in [0, 0.05) is 10.8 Å². The second kappa shape index (κ2) is 4.43. The summed E-state index contributed by atoms with van der Waals surface area (Å²) in [6, 6.07) is 24.2. The predicted molar refractivity (Wildman–Crippen MR) is 95.0 cm³/mol. The summed E-state index contributed by atoms with van der Waals surface area (Å²) in [6.07, 6.45) is 0. The lowest BCUT2D eigenvalue weighted by Gasteiger charge is -2.08. The highest BCUT2D eigenvalue weighted by Gasteiger charge is 2.11. The normalized spacial score (nSPS) is 11.7. The van der Waals surface area contributed by atoms with Crippen LogP contribution in [0.25, 0.3) is 43.3 Å². The van der Waals surface area contributed by atoms with Crippen molar-refractivity contribution in [3.8, 4) is 0 Å². The second-order valence-electron chi connectivity index (χ2n) is 5.79. The average molecular weight is 296 g/mol. The Morgan fingerprint density at radius 2 is 1.30 bits per heavy atom. The van der Waals surface area contributed by atoms with Crippen molar-refractivity contribution in [3.05, 3.63) is 83.2 Å². The van der Waals surface area contributed by atoms with Crippen molar-refractivity contribution in [2.75, 3.05) is 0 Å². The van der Waals surface area contributed by atoms with Gasteiger partial charge >= 0.3 is 5.63 Å². The van der Waals surface area contributed by atoms with Crippen LogP contribution >= 0.6 is 0 Å². The molecule has 0 spiro atoms. The van der Waals surface area contributed by atoms with E-state index in [0.29, 0.717) is 11.0 Å². The van der Waals surface area contributed by atoms with Crippen molar-refractivity contribution in [2.24, 2.45) is 0 Å². The highest BCUT2D eigenvalue weighted by Crippen LogP contribution is 2.32. The van der Waals surface area contributed by atoms with Gasteiger partial charge in [-0.25, -0.2) is 4.79 Å². The Labute approximate surface area is 131 Å². The van der Waals surface area contributed by atoms with E-state index in [1.807, 2.05) is 48.5 Å². The van der Waals surface area contributed by atoms with Gasteiger partial charge in [-0.15, -0.1) is 0 Å². The average Bonchev–Trinajstić information content (AvgIpc) is 2.60. The number of hydrogen-bond acceptors (Lipinski definition) is 2. The van der Waals surface area contributed by atoms with Gasteiger partial charge in [-0.2, -0.15) is 0 Å². The lowest BCUT2D eigenvalue weighted by Crippen LogP contribution is -2.00. The molecule has 23 heavy (non-hydrogen) atoms. The first-order valence-corrected chi connectivity index (χ1v) is 7.58. The van der Waals surface area contributed by atoms with Crippen LogP contribution in [0.2, 0.25) is 0 Å². The standard InChI is InChI=1S/C21H12O2/c22-21-17-10-9-13-5-3-4-8-16(13)20(17)18-11-14-6-1-2-7-15(14)12-19(18)23-21/h1-12H. The van der Waals surface area contributed by atoms with E-state index >= 15 is 0 Å². The van der Waals surface area contributed by atoms with E-state index in [0.717, 1.165) is 32.3 Å². The van der Waals surface area contributed by atoms with E-state index in [1.54, 1.807) is 0 Å². The fourth-order valence-corrected chi connectivity index (χ4v) is 3.39. The Hall–Kier alpha value is -3.13. The Morgan fingerprint density at radius 3 is 2.13 bits per heavy atom. The maximum Gasteiger partial charge on any atom is 0.344 e. The van der Waals surface area contributed by atoms with Gasteiger partial charge < -0.3 is 4.42 Å². The van der Waals surface area contributed by atoms with Crippen LogP contribution in [-0.4, -0.2) is 0 Å².